The lowest BCUT2D eigenvalue weighted by Crippen LogP contribution is -2.33. The van der Waals surface area contributed by atoms with Crippen molar-refractivity contribution in [2.75, 3.05) is 13.2 Å². The first-order chi connectivity index (χ1) is 10.5. The summed E-state index contributed by atoms with van der Waals surface area (Å²) in [6, 6.07) is 0. The van der Waals surface area contributed by atoms with Gasteiger partial charge in [0.05, 0.1) is 17.0 Å². The van der Waals surface area contributed by atoms with Crippen molar-refractivity contribution >= 4 is 12.1 Å². The number of fused-ring (bicyclic) bond motifs is 3. The summed E-state index contributed by atoms with van der Waals surface area (Å²) in [5, 5.41) is 7.71. The van der Waals surface area contributed by atoms with Gasteiger partial charge in [-0.2, -0.15) is 5.10 Å². The number of rotatable bonds is 4. The van der Waals surface area contributed by atoms with E-state index < -0.39 is 0 Å². The molecule has 1 amide bonds. The molecule has 0 saturated carbocycles. The molecule has 1 aromatic rings. The zero-order chi connectivity index (χ0) is 15.9. The second-order valence-corrected chi connectivity index (χ2v) is 6.57. The molecule has 22 heavy (non-hydrogen) atoms. The normalized spacial score (nSPS) is 27.4. The molecule has 2 aliphatic rings. The topological polar surface area (TPSA) is 56.2 Å². The highest BCUT2D eigenvalue weighted by molar-refractivity contribution is 5.72. The van der Waals surface area contributed by atoms with Gasteiger partial charge in [-0.25, -0.2) is 4.68 Å². The summed E-state index contributed by atoms with van der Waals surface area (Å²) in [6.45, 7) is 9.46. The molecule has 0 aromatic carbocycles. The van der Waals surface area contributed by atoms with Gasteiger partial charge in [-0.05, 0) is 25.8 Å². The van der Waals surface area contributed by atoms with Gasteiger partial charge < -0.3 is 10.1 Å². The van der Waals surface area contributed by atoms with E-state index in [9.17, 15) is 4.79 Å². The standard InChI is InChI=1S/C17H25N3O2/c1-5-14-15(11(2)10-18-12(3)21)16-13-6-9-22-17(13,4)7-8-20(16)19-14/h7-8,11,13H,5-6,9-10H2,1-4H3,(H,18,21). The number of nitrogens with zero attached hydrogens (tertiary/aromatic N) is 2. The third-order valence-electron chi connectivity index (χ3n) is 4.94. The number of ether oxygens (including phenoxy) is 1. The predicted octanol–water partition coefficient (Wildman–Crippen LogP) is 2.43. The molecule has 3 unspecified atom stereocenters. The Morgan fingerprint density at radius 1 is 1.64 bits per heavy atom. The maximum absolute atomic E-state index is 11.2. The van der Waals surface area contributed by atoms with Gasteiger partial charge in [-0.3, -0.25) is 4.79 Å². The number of hydrogen-bond acceptors (Lipinski definition) is 3. The molecule has 3 heterocycles. The number of nitrogens with one attached hydrogen (secondary N) is 1. The molecule has 5 heteroatoms. The Bertz CT molecular complexity index is 620. The molecule has 2 aliphatic heterocycles. The van der Waals surface area contributed by atoms with E-state index in [0.29, 0.717) is 12.5 Å². The minimum atomic E-state index is -0.219. The van der Waals surface area contributed by atoms with Gasteiger partial charge in [0.2, 0.25) is 5.91 Å². The van der Waals surface area contributed by atoms with E-state index in [0.717, 1.165) is 25.1 Å². The third kappa shape index (κ3) is 2.37. The summed E-state index contributed by atoms with van der Waals surface area (Å²) in [4.78, 5) is 11.2. The average Bonchev–Trinajstić information content (AvgIpc) is 3.03. The summed E-state index contributed by atoms with van der Waals surface area (Å²) >= 11 is 0. The zero-order valence-electron chi connectivity index (χ0n) is 13.8. The Morgan fingerprint density at radius 2 is 2.41 bits per heavy atom. The summed E-state index contributed by atoms with van der Waals surface area (Å²) in [7, 11) is 0. The Balaban J connectivity index is 2.02. The molecule has 1 saturated heterocycles. The number of amides is 1. The van der Waals surface area contributed by atoms with Crippen LogP contribution in [0.5, 0.6) is 0 Å². The molecular formula is C17H25N3O2. The summed E-state index contributed by atoms with van der Waals surface area (Å²) < 4.78 is 8.01. The van der Waals surface area contributed by atoms with Gasteiger partial charge in [0.25, 0.3) is 0 Å². The molecule has 3 rings (SSSR count). The van der Waals surface area contributed by atoms with Crippen LogP contribution < -0.4 is 5.32 Å². The van der Waals surface area contributed by atoms with E-state index in [1.165, 1.54) is 11.3 Å². The molecule has 0 aliphatic carbocycles. The summed E-state index contributed by atoms with van der Waals surface area (Å²) in [5.74, 6) is 0.610. The second-order valence-electron chi connectivity index (χ2n) is 6.57. The average molecular weight is 303 g/mol. The van der Waals surface area contributed by atoms with Crippen LogP contribution in [0.25, 0.3) is 6.20 Å². The van der Waals surface area contributed by atoms with Crippen LogP contribution in [0.3, 0.4) is 0 Å². The van der Waals surface area contributed by atoms with Crippen molar-refractivity contribution in [2.24, 2.45) is 0 Å². The van der Waals surface area contributed by atoms with Crippen molar-refractivity contribution in [3.63, 3.8) is 0 Å². The third-order valence-corrected chi connectivity index (χ3v) is 4.94. The first-order valence-corrected chi connectivity index (χ1v) is 8.15. The van der Waals surface area contributed by atoms with Crippen molar-refractivity contribution in [3.8, 4) is 0 Å². The van der Waals surface area contributed by atoms with E-state index in [2.05, 4.69) is 32.2 Å². The highest BCUT2D eigenvalue weighted by Gasteiger charge is 2.45. The van der Waals surface area contributed by atoms with E-state index in [4.69, 9.17) is 9.84 Å². The highest BCUT2D eigenvalue weighted by Crippen LogP contribution is 2.46. The second kappa shape index (κ2) is 5.54. The van der Waals surface area contributed by atoms with Crippen molar-refractivity contribution in [1.82, 2.24) is 15.1 Å². The van der Waals surface area contributed by atoms with Crippen LogP contribution >= 0.6 is 0 Å². The smallest absolute Gasteiger partial charge is 0.216 e. The van der Waals surface area contributed by atoms with E-state index >= 15 is 0 Å². The van der Waals surface area contributed by atoms with E-state index in [1.54, 1.807) is 6.92 Å². The van der Waals surface area contributed by atoms with Gasteiger partial charge in [0.1, 0.15) is 0 Å². The number of aromatic nitrogens is 2. The summed E-state index contributed by atoms with van der Waals surface area (Å²) in [5.41, 5.74) is 3.48. The van der Waals surface area contributed by atoms with E-state index in [1.807, 2.05) is 10.9 Å². The highest BCUT2D eigenvalue weighted by atomic mass is 16.5. The van der Waals surface area contributed by atoms with Crippen LogP contribution in [0.2, 0.25) is 0 Å². The molecule has 0 spiro atoms. The molecule has 1 fully saturated rings. The van der Waals surface area contributed by atoms with Gasteiger partial charge in [-0.15, -0.1) is 0 Å². The van der Waals surface area contributed by atoms with Crippen LogP contribution in [-0.2, 0) is 16.0 Å². The van der Waals surface area contributed by atoms with Crippen molar-refractivity contribution in [1.29, 1.82) is 0 Å². The lowest BCUT2D eigenvalue weighted by Gasteiger charge is -2.32. The predicted molar refractivity (Wildman–Crippen MR) is 85.7 cm³/mol. The van der Waals surface area contributed by atoms with E-state index in [-0.39, 0.29) is 17.4 Å². The zero-order valence-corrected chi connectivity index (χ0v) is 13.8. The number of hydrogen-bond donors (Lipinski definition) is 1. The van der Waals surface area contributed by atoms with Gasteiger partial charge >= 0.3 is 0 Å². The summed E-state index contributed by atoms with van der Waals surface area (Å²) in [6.07, 6.45) is 6.09. The molecule has 1 aromatic heterocycles. The SMILES string of the molecule is CCc1nn2c(c1C(C)CNC(C)=O)C1CCOC1(C)C=C2. The monoisotopic (exact) mass is 303 g/mol. The Hall–Kier alpha value is -1.62. The van der Waals surface area contributed by atoms with Crippen molar-refractivity contribution < 1.29 is 9.53 Å². The lowest BCUT2D eigenvalue weighted by molar-refractivity contribution is -0.119. The van der Waals surface area contributed by atoms with Crippen LogP contribution in [0.15, 0.2) is 6.08 Å². The van der Waals surface area contributed by atoms with Gasteiger partial charge in [0, 0.05) is 43.7 Å². The van der Waals surface area contributed by atoms with Crippen LogP contribution in [-0.4, -0.2) is 34.4 Å². The number of carbonyl (C=O) groups is 1. The minimum absolute atomic E-state index is 0.0138. The van der Waals surface area contributed by atoms with Crippen LogP contribution in [0.1, 0.15) is 62.9 Å². The maximum Gasteiger partial charge on any atom is 0.216 e. The molecule has 5 nitrogen and oxygen atoms in total. The molecule has 0 bridgehead atoms. The number of aryl methyl sites for hydroxylation is 1. The Labute approximate surface area is 131 Å². The van der Waals surface area contributed by atoms with Crippen LogP contribution in [0, 0.1) is 0 Å². The minimum Gasteiger partial charge on any atom is -0.370 e. The molecule has 1 N–H and O–H groups in total. The first kappa shape index (κ1) is 15.3. The largest absolute Gasteiger partial charge is 0.370 e. The van der Waals surface area contributed by atoms with Crippen molar-refractivity contribution in [3.05, 3.63) is 23.0 Å². The molecule has 0 radical (unpaired) electrons. The van der Waals surface area contributed by atoms with Gasteiger partial charge in [-0.1, -0.05) is 13.8 Å². The fourth-order valence-corrected chi connectivity index (χ4v) is 3.74. The quantitative estimate of drug-likeness (QED) is 0.929. The van der Waals surface area contributed by atoms with Gasteiger partial charge in [0.15, 0.2) is 0 Å². The molecule has 3 atom stereocenters. The fraction of sp³-hybridized carbons (Fsp3) is 0.647. The molecule has 120 valence electrons. The maximum atomic E-state index is 11.2. The molecular weight excluding hydrogens is 278 g/mol. The Kier molecular flexibility index (Phi) is 3.85. The van der Waals surface area contributed by atoms with Crippen molar-refractivity contribution in [2.45, 2.75) is 58.0 Å². The first-order valence-electron chi connectivity index (χ1n) is 8.15. The lowest BCUT2D eigenvalue weighted by atomic mass is 9.80. The Morgan fingerprint density at radius 3 is 3.09 bits per heavy atom. The fourth-order valence-electron chi connectivity index (χ4n) is 3.74. The van der Waals surface area contributed by atoms with Crippen LogP contribution in [0.4, 0.5) is 0 Å². The number of carbonyl (C=O) groups excluding carboxylic acids is 1.